The van der Waals surface area contributed by atoms with E-state index in [9.17, 15) is 4.79 Å². The summed E-state index contributed by atoms with van der Waals surface area (Å²) in [5.74, 6) is 1.11. The second kappa shape index (κ2) is 7.81. The van der Waals surface area contributed by atoms with Crippen LogP contribution in [-0.4, -0.2) is 18.2 Å². The van der Waals surface area contributed by atoms with Crippen molar-refractivity contribution in [2.45, 2.75) is 46.0 Å². The first-order valence-electron chi connectivity index (χ1n) is 7.74. The van der Waals surface area contributed by atoms with Crippen LogP contribution in [0, 0.1) is 5.92 Å². The molecule has 1 aromatic carbocycles. The number of hydrogen-bond acceptors (Lipinski definition) is 3. The number of benzene rings is 1. The number of ether oxygens (including phenoxy) is 1. The van der Waals surface area contributed by atoms with Gasteiger partial charge in [0.15, 0.2) is 0 Å². The monoisotopic (exact) mass is 288 g/mol. The molecule has 4 nitrogen and oxygen atoms in total. The maximum atomic E-state index is 12.0. The van der Waals surface area contributed by atoms with Gasteiger partial charge in [-0.15, -0.1) is 0 Å². The summed E-state index contributed by atoms with van der Waals surface area (Å²) in [6, 6.07) is 7.19. The summed E-state index contributed by atoms with van der Waals surface area (Å²) < 4.78 is 5.60. The summed E-state index contributed by atoms with van der Waals surface area (Å²) in [5.41, 5.74) is 4.35. The van der Waals surface area contributed by atoms with E-state index < -0.39 is 0 Å². The minimum atomic E-state index is -0.163. The predicted molar refractivity (Wildman–Crippen MR) is 84.8 cm³/mol. The lowest BCUT2D eigenvalue weighted by Crippen LogP contribution is -2.20. The average Bonchev–Trinajstić information content (AvgIpc) is 2.52. The van der Waals surface area contributed by atoms with Gasteiger partial charge in [0.1, 0.15) is 5.75 Å². The third-order valence-corrected chi connectivity index (χ3v) is 3.45. The van der Waals surface area contributed by atoms with E-state index in [0.717, 1.165) is 24.3 Å². The minimum Gasteiger partial charge on any atom is -0.493 e. The zero-order chi connectivity index (χ0) is 15.1. The molecule has 1 amide bonds. The van der Waals surface area contributed by atoms with Crippen molar-refractivity contribution in [1.29, 1.82) is 0 Å². The van der Waals surface area contributed by atoms with Gasteiger partial charge in [-0.1, -0.05) is 20.3 Å². The zero-order valence-corrected chi connectivity index (χ0v) is 12.9. The van der Waals surface area contributed by atoms with Crippen LogP contribution in [0.3, 0.4) is 0 Å². The Morgan fingerprint density at radius 2 is 1.86 bits per heavy atom. The van der Waals surface area contributed by atoms with Crippen LogP contribution in [0.5, 0.6) is 5.75 Å². The molecule has 1 saturated carbocycles. The van der Waals surface area contributed by atoms with Gasteiger partial charge in [0, 0.05) is 11.3 Å². The van der Waals surface area contributed by atoms with E-state index in [4.69, 9.17) is 4.74 Å². The van der Waals surface area contributed by atoms with E-state index in [-0.39, 0.29) is 5.91 Å². The van der Waals surface area contributed by atoms with Crippen LogP contribution in [0.15, 0.2) is 29.4 Å². The lowest BCUT2D eigenvalue weighted by molar-refractivity contribution is 0.0954. The molecule has 21 heavy (non-hydrogen) atoms. The smallest absolute Gasteiger partial charge is 0.271 e. The molecule has 0 atom stereocenters. The normalized spacial score (nSPS) is 14.9. The van der Waals surface area contributed by atoms with Gasteiger partial charge >= 0.3 is 0 Å². The third kappa shape index (κ3) is 5.21. The lowest BCUT2D eigenvalue weighted by Gasteiger charge is -2.12. The lowest BCUT2D eigenvalue weighted by atomic mass is 9.99. The number of nitrogens with one attached hydrogen (secondary N) is 1. The second-order valence-corrected chi connectivity index (χ2v) is 5.91. The number of amides is 1. The average molecular weight is 288 g/mol. The van der Waals surface area contributed by atoms with Crippen LogP contribution in [-0.2, 0) is 0 Å². The molecule has 1 aromatic rings. The summed E-state index contributed by atoms with van der Waals surface area (Å²) >= 11 is 0. The van der Waals surface area contributed by atoms with E-state index in [0.29, 0.717) is 18.1 Å². The largest absolute Gasteiger partial charge is 0.493 e. The first kappa shape index (κ1) is 15.5. The molecule has 0 spiro atoms. The van der Waals surface area contributed by atoms with Gasteiger partial charge in [0.25, 0.3) is 5.91 Å². The van der Waals surface area contributed by atoms with Crippen LogP contribution in [0.4, 0.5) is 0 Å². The number of rotatable bonds is 5. The molecule has 1 aliphatic rings. The predicted octanol–water partition coefficient (Wildman–Crippen LogP) is 3.77. The second-order valence-electron chi connectivity index (χ2n) is 5.91. The van der Waals surface area contributed by atoms with Crippen LogP contribution in [0.25, 0.3) is 0 Å². The van der Waals surface area contributed by atoms with Crippen molar-refractivity contribution >= 4 is 11.6 Å². The first-order chi connectivity index (χ1) is 10.1. The Morgan fingerprint density at radius 1 is 1.19 bits per heavy atom. The zero-order valence-electron chi connectivity index (χ0n) is 12.9. The van der Waals surface area contributed by atoms with Crippen molar-refractivity contribution in [3.63, 3.8) is 0 Å². The molecular weight excluding hydrogens is 264 g/mol. The highest BCUT2D eigenvalue weighted by Crippen LogP contribution is 2.15. The quantitative estimate of drug-likeness (QED) is 0.838. The van der Waals surface area contributed by atoms with Crippen molar-refractivity contribution in [2.75, 3.05) is 6.61 Å². The molecule has 0 radical (unpaired) electrons. The fraction of sp³-hybridized carbons (Fsp3) is 0.529. The van der Waals surface area contributed by atoms with Gasteiger partial charge in [-0.05, 0) is 55.9 Å². The Bertz CT molecular complexity index is 484. The summed E-state index contributed by atoms with van der Waals surface area (Å²) in [5, 5.41) is 4.23. The standard InChI is InChI=1S/C17H24N2O2/c1-13(2)12-21-16-10-8-14(9-11-16)17(20)19-18-15-6-4-3-5-7-15/h8-11,13H,3-7,12H2,1-2H3,(H,19,20). The van der Waals surface area contributed by atoms with Crippen molar-refractivity contribution in [2.24, 2.45) is 11.0 Å². The summed E-state index contributed by atoms with van der Waals surface area (Å²) in [4.78, 5) is 12.0. The van der Waals surface area contributed by atoms with Crippen molar-refractivity contribution < 1.29 is 9.53 Å². The molecular formula is C17H24N2O2. The first-order valence-corrected chi connectivity index (χ1v) is 7.74. The molecule has 1 fully saturated rings. The number of carbonyl (C=O) groups excluding carboxylic acids is 1. The summed E-state index contributed by atoms with van der Waals surface area (Å²) in [7, 11) is 0. The molecule has 1 N–H and O–H groups in total. The Kier molecular flexibility index (Phi) is 5.78. The SMILES string of the molecule is CC(C)COc1ccc(C(=O)NN=C2CCCCC2)cc1. The van der Waals surface area contributed by atoms with E-state index in [1.165, 1.54) is 19.3 Å². The number of hydrazone groups is 1. The van der Waals surface area contributed by atoms with Crippen molar-refractivity contribution in [3.8, 4) is 5.75 Å². The topological polar surface area (TPSA) is 50.7 Å². The van der Waals surface area contributed by atoms with Gasteiger partial charge < -0.3 is 4.74 Å². The van der Waals surface area contributed by atoms with E-state index in [1.54, 1.807) is 12.1 Å². The highest BCUT2D eigenvalue weighted by Gasteiger charge is 2.09. The Morgan fingerprint density at radius 3 is 2.48 bits per heavy atom. The minimum absolute atomic E-state index is 0.163. The van der Waals surface area contributed by atoms with E-state index in [2.05, 4.69) is 24.4 Å². The summed E-state index contributed by atoms with van der Waals surface area (Å²) in [6.07, 6.45) is 5.63. The van der Waals surface area contributed by atoms with Gasteiger partial charge in [-0.3, -0.25) is 4.79 Å². The van der Waals surface area contributed by atoms with Crippen LogP contribution < -0.4 is 10.2 Å². The van der Waals surface area contributed by atoms with Crippen LogP contribution in [0.2, 0.25) is 0 Å². The number of nitrogens with zero attached hydrogens (tertiary/aromatic N) is 1. The Labute approximate surface area is 126 Å². The maximum Gasteiger partial charge on any atom is 0.271 e. The maximum absolute atomic E-state index is 12.0. The third-order valence-electron chi connectivity index (χ3n) is 3.45. The molecule has 114 valence electrons. The van der Waals surface area contributed by atoms with Crippen LogP contribution >= 0.6 is 0 Å². The molecule has 4 heteroatoms. The van der Waals surface area contributed by atoms with Crippen molar-refractivity contribution in [1.82, 2.24) is 5.43 Å². The molecule has 0 saturated heterocycles. The molecule has 0 aromatic heterocycles. The number of hydrogen-bond donors (Lipinski definition) is 1. The van der Waals surface area contributed by atoms with Crippen molar-refractivity contribution in [3.05, 3.63) is 29.8 Å². The number of carbonyl (C=O) groups is 1. The molecule has 1 aliphatic carbocycles. The molecule has 0 bridgehead atoms. The fourth-order valence-corrected chi connectivity index (χ4v) is 2.23. The van der Waals surface area contributed by atoms with E-state index >= 15 is 0 Å². The molecule has 0 aliphatic heterocycles. The molecule has 2 rings (SSSR count). The Balaban J connectivity index is 1.87. The van der Waals surface area contributed by atoms with Gasteiger partial charge in [0.2, 0.25) is 0 Å². The Hall–Kier alpha value is -1.84. The van der Waals surface area contributed by atoms with E-state index in [1.807, 2.05) is 12.1 Å². The summed E-state index contributed by atoms with van der Waals surface area (Å²) in [6.45, 7) is 4.89. The highest BCUT2D eigenvalue weighted by molar-refractivity contribution is 5.95. The molecule has 0 heterocycles. The van der Waals surface area contributed by atoms with Gasteiger partial charge in [-0.2, -0.15) is 5.10 Å². The van der Waals surface area contributed by atoms with Gasteiger partial charge in [-0.25, -0.2) is 5.43 Å². The fourth-order valence-electron chi connectivity index (χ4n) is 2.23. The molecule has 0 unspecified atom stereocenters. The highest BCUT2D eigenvalue weighted by atomic mass is 16.5. The van der Waals surface area contributed by atoms with Crippen LogP contribution in [0.1, 0.15) is 56.3 Å². The van der Waals surface area contributed by atoms with Gasteiger partial charge in [0.05, 0.1) is 6.61 Å².